The number of rotatable bonds is 6. The van der Waals surface area contributed by atoms with Gasteiger partial charge in [-0.15, -0.1) is 0 Å². The van der Waals surface area contributed by atoms with Gasteiger partial charge in [0.1, 0.15) is 5.69 Å². The van der Waals surface area contributed by atoms with Crippen molar-refractivity contribution in [2.24, 2.45) is 0 Å². The van der Waals surface area contributed by atoms with Gasteiger partial charge in [-0.2, -0.15) is 0 Å². The molecule has 2 aromatic heterocycles. The van der Waals surface area contributed by atoms with E-state index in [1.165, 1.54) is 10.9 Å². The molecule has 0 radical (unpaired) electrons. The third-order valence-electron chi connectivity index (χ3n) is 5.31. The van der Waals surface area contributed by atoms with Crippen LogP contribution >= 0.6 is 0 Å². The highest BCUT2D eigenvalue weighted by molar-refractivity contribution is 5.97. The summed E-state index contributed by atoms with van der Waals surface area (Å²) < 4.78 is 1.92. The zero-order chi connectivity index (χ0) is 20.4. The standard InChI is InChI=1S/C22H27N5O2/c1-14(2)25-21(28)19-18-9-5-6-12-27(18)20(26-19)22(29)23-11-10-15-13-24-17-8-4-3-7-16(15)17/h3-4,7-8,13-14,24H,5-6,9-12H2,1-2H3,(H,23,29)(H,25,28). The molecule has 1 aliphatic heterocycles. The number of carbonyl (C=O) groups excluding carboxylic acids is 2. The van der Waals surface area contributed by atoms with Gasteiger partial charge in [-0.05, 0) is 51.2 Å². The maximum Gasteiger partial charge on any atom is 0.287 e. The van der Waals surface area contributed by atoms with Gasteiger partial charge in [0.05, 0.1) is 5.69 Å². The average Bonchev–Trinajstić information content (AvgIpc) is 3.29. The van der Waals surface area contributed by atoms with Crippen LogP contribution in [0.4, 0.5) is 0 Å². The molecule has 0 bridgehead atoms. The Morgan fingerprint density at radius 3 is 2.86 bits per heavy atom. The largest absolute Gasteiger partial charge is 0.361 e. The monoisotopic (exact) mass is 393 g/mol. The Morgan fingerprint density at radius 2 is 2.03 bits per heavy atom. The van der Waals surface area contributed by atoms with Gasteiger partial charge >= 0.3 is 0 Å². The second-order valence-electron chi connectivity index (χ2n) is 7.83. The number of aromatic nitrogens is 3. The second kappa shape index (κ2) is 8.11. The first-order valence-electron chi connectivity index (χ1n) is 10.3. The third kappa shape index (κ3) is 3.90. The van der Waals surface area contributed by atoms with E-state index >= 15 is 0 Å². The predicted octanol–water partition coefficient (Wildman–Crippen LogP) is 2.81. The highest BCUT2D eigenvalue weighted by atomic mass is 16.2. The summed E-state index contributed by atoms with van der Waals surface area (Å²) >= 11 is 0. The topological polar surface area (TPSA) is 91.8 Å². The van der Waals surface area contributed by atoms with Crippen molar-refractivity contribution in [3.8, 4) is 0 Å². The molecule has 1 aliphatic rings. The molecule has 0 spiro atoms. The van der Waals surface area contributed by atoms with Gasteiger partial charge in [-0.1, -0.05) is 18.2 Å². The summed E-state index contributed by atoms with van der Waals surface area (Å²) in [6, 6.07) is 8.15. The van der Waals surface area contributed by atoms with Gasteiger partial charge < -0.3 is 20.2 Å². The van der Waals surface area contributed by atoms with E-state index in [-0.39, 0.29) is 17.9 Å². The fraction of sp³-hybridized carbons (Fsp3) is 0.409. The van der Waals surface area contributed by atoms with Crippen LogP contribution < -0.4 is 10.6 Å². The molecule has 0 aliphatic carbocycles. The minimum atomic E-state index is -0.225. The highest BCUT2D eigenvalue weighted by Gasteiger charge is 2.27. The maximum atomic E-state index is 12.8. The predicted molar refractivity (Wildman–Crippen MR) is 112 cm³/mol. The van der Waals surface area contributed by atoms with E-state index in [1.54, 1.807) is 0 Å². The average molecular weight is 393 g/mol. The molecule has 3 heterocycles. The third-order valence-corrected chi connectivity index (χ3v) is 5.31. The van der Waals surface area contributed by atoms with Crippen LogP contribution in [0.2, 0.25) is 0 Å². The molecule has 3 N–H and O–H groups in total. The van der Waals surface area contributed by atoms with Gasteiger partial charge in [0.15, 0.2) is 5.82 Å². The van der Waals surface area contributed by atoms with Crippen molar-refractivity contribution in [3.05, 3.63) is 53.2 Å². The van der Waals surface area contributed by atoms with E-state index in [2.05, 4.69) is 26.7 Å². The number of imidazole rings is 1. The molecule has 3 aromatic rings. The lowest BCUT2D eigenvalue weighted by atomic mass is 10.1. The first-order valence-corrected chi connectivity index (χ1v) is 10.3. The molecular weight excluding hydrogens is 366 g/mol. The Bertz CT molecular complexity index is 1050. The van der Waals surface area contributed by atoms with E-state index in [0.717, 1.165) is 43.4 Å². The Hall–Kier alpha value is -3.09. The zero-order valence-corrected chi connectivity index (χ0v) is 16.9. The number of carbonyl (C=O) groups is 2. The molecule has 7 heteroatoms. The number of amides is 2. The van der Waals surface area contributed by atoms with Gasteiger partial charge in [0.2, 0.25) is 0 Å². The first kappa shape index (κ1) is 19.2. The van der Waals surface area contributed by atoms with Gasteiger partial charge in [0.25, 0.3) is 11.8 Å². The summed E-state index contributed by atoms with van der Waals surface area (Å²) in [5.41, 5.74) is 3.52. The number of para-hydroxylation sites is 1. The van der Waals surface area contributed by atoms with Crippen molar-refractivity contribution < 1.29 is 9.59 Å². The Balaban J connectivity index is 1.48. The van der Waals surface area contributed by atoms with E-state index in [0.29, 0.717) is 18.1 Å². The van der Waals surface area contributed by atoms with Crippen molar-refractivity contribution in [1.82, 2.24) is 25.2 Å². The van der Waals surface area contributed by atoms with Crippen LogP contribution in [0.3, 0.4) is 0 Å². The van der Waals surface area contributed by atoms with Crippen LogP contribution in [0.25, 0.3) is 10.9 Å². The molecule has 7 nitrogen and oxygen atoms in total. The molecule has 0 unspecified atom stereocenters. The Morgan fingerprint density at radius 1 is 1.21 bits per heavy atom. The summed E-state index contributed by atoms with van der Waals surface area (Å²) in [6.07, 6.45) is 5.49. The van der Waals surface area contributed by atoms with Crippen molar-refractivity contribution in [2.75, 3.05) is 6.54 Å². The van der Waals surface area contributed by atoms with E-state index in [9.17, 15) is 9.59 Å². The zero-order valence-electron chi connectivity index (χ0n) is 16.9. The second-order valence-corrected chi connectivity index (χ2v) is 7.83. The van der Waals surface area contributed by atoms with E-state index < -0.39 is 0 Å². The van der Waals surface area contributed by atoms with Crippen LogP contribution in [0, 0.1) is 0 Å². The molecule has 152 valence electrons. The molecule has 4 rings (SSSR count). The number of benzene rings is 1. The molecule has 0 saturated heterocycles. The Labute approximate surface area is 169 Å². The molecule has 0 fully saturated rings. The number of aromatic amines is 1. The quantitative estimate of drug-likeness (QED) is 0.601. The maximum absolute atomic E-state index is 12.8. The number of nitrogens with zero attached hydrogens (tertiary/aromatic N) is 2. The fourth-order valence-electron chi connectivity index (χ4n) is 3.96. The number of hydrogen-bond acceptors (Lipinski definition) is 3. The minimum Gasteiger partial charge on any atom is -0.361 e. The Kier molecular flexibility index (Phi) is 5.38. The van der Waals surface area contributed by atoms with Crippen molar-refractivity contribution in [3.63, 3.8) is 0 Å². The van der Waals surface area contributed by atoms with Crippen molar-refractivity contribution in [2.45, 2.75) is 52.1 Å². The van der Waals surface area contributed by atoms with Gasteiger partial charge in [-0.3, -0.25) is 9.59 Å². The molecular formula is C22H27N5O2. The lowest BCUT2D eigenvalue weighted by molar-refractivity contribution is 0.0936. The van der Waals surface area contributed by atoms with Crippen molar-refractivity contribution >= 4 is 22.7 Å². The lowest BCUT2D eigenvalue weighted by Gasteiger charge is -2.17. The summed E-state index contributed by atoms with van der Waals surface area (Å²) in [5.74, 6) is -0.0902. The minimum absolute atomic E-state index is 0.0249. The number of fused-ring (bicyclic) bond motifs is 2. The van der Waals surface area contributed by atoms with Crippen LogP contribution in [0.5, 0.6) is 0 Å². The molecule has 2 amide bonds. The van der Waals surface area contributed by atoms with Crippen LogP contribution in [-0.4, -0.2) is 38.9 Å². The number of H-pyrrole nitrogens is 1. The highest BCUT2D eigenvalue weighted by Crippen LogP contribution is 2.22. The molecule has 0 atom stereocenters. The van der Waals surface area contributed by atoms with Gasteiger partial charge in [-0.25, -0.2) is 4.98 Å². The normalized spacial score (nSPS) is 13.5. The lowest BCUT2D eigenvalue weighted by Crippen LogP contribution is -2.31. The van der Waals surface area contributed by atoms with Gasteiger partial charge in [0, 0.05) is 36.2 Å². The van der Waals surface area contributed by atoms with Crippen LogP contribution in [0.15, 0.2) is 30.5 Å². The SMILES string of the molecule is CC(C)NC(=O)c1nc(C(=O)NCCc2c[nH]c3ccccc23)n2c1CCCC2. The number of nitrogens with one attached hydrogen (secondary N) is 3. The number of hydrogen-bond donors (Lipinski definition) is 3. The summed E-state index contributed by atoms with van der Waals surface area (Å²) in [6.45, 7) is 5.07. The summed E-state index contributed by atoms with van der Waals surface area (Å²) in [4.78, 5) is 33.1. The smallest absolute Gasteiger partial charge is 0.287 e. The first-order chi connectivity index (χ1) is 14.0. The summed E-state index contributed by atoms with van der Waals surface area (Å²) in [7, 11) is 0. The molecule has 29 heavy (non-hydrogen) atoms. The molecule has 1 aromatic carbocycles. The van der Waals surface area contributed by atoms with Crippen LogP contribution in [-0.2, 0) is 19.4 Å². The van der Waals surface area contributed by atoms with Crippen molar-refractivity contribution in [1.29, 1.82) is 0 Å². The van der Waals surface area contributed by atoms with E-state index in [4.69, 9.17) is 0 Å². The summed E-state index contributed by atoms with van der Waals surface area (Å²) in [5, 5.41) is 7.04. The van der Waals surface area contributed by atoms with E-state index in [1.807, 2.05) is 42.8 Å². The molecule has 0 saturated carbocycles. The fourth-order valence-corrected chi connectivity index (χ4v) is 3.96. The van der Waals surface area contributed by atoms with Crippen LogP contribution in [0.1, 0.15) is 59.1 Å².